The summed E-state index contributed by atoms with van der Waals surface area (Å²) in [6.45, 7) is 18.0. The second-order valence-electron chi connectivity index (χ2n) is 5.87. The molecular weight excluding hydrogens is 296 g/mol. The van der Waals surface area contributed by atoms with Crippen LogP contribution >= 0.6 is 0 Å². The zero-order valence-electron chi connectivity index (χ0n) is 14.5. The minimum atomic E-state index is -0.403. The minimum Gasteiger partial charge on any atom is -0.494 e. The van der Waals surface area contributed by atoms with E-state index >= 15 is 0 Å². The number of carbonyl (C=O) groups is 1. The van der Waals surface area contributed by atoms with Gasteiger partial charge in [-0.1, -0.05) is 33.6 Å². The molecule has 5 heteroatoms. The summed E-state index contributed by atoms with van der Waals surface area (Å²) >= 11 is 0. The van der Waals surface area contributed by atoms with Crippen molar-refractivity contribution in [2.24, 2.45) is 5.41 Å². The van der Waals surface area contributed by atoms with E-state index in [9.17, 15) is 4.79 Å². The Bertz CT molecular complexity index is 340. The molecule has 23 heavy (non-hydrogen) atoms. The van der Waals surface area contributed by atoms with E-state index in [2.05, 4.69) is 33.6 Å². The van der Waals surface area contributed by atoms with Crippen LogP contribution in [0, 0.1) is 5.41 Å². The van der Waals surface area contributed by atoms with Crippen LogP contribution < -0.4 is 0 Å². The lowest BCUT2D eigenvalue weighted by atomic mass is 9.96. The Labute approximate surface area is 139 Å². The van der Waals surface area contributed by atoms with Crippen LogP contribution in [0.3, 0.4) is 0 Å². The zero-order valence-corrected chi connectivity index (χ0v) is 14.5. The molecule has 0 bridgehead atoms. The molecule has 0 aromatic rings. The summed E-state index contributed by atoms with van der Waals surface area (Å²) in [4.78, 5) is 10.8. The molecule has 0 spiro atoms. The predicted octanol–water partition coefficient (Wildman–Crippen LogP) is 3.27. The van der Waals surface area contributed by atoms with Crippen LogP contribution in [0.15, 0.2) is 37.6 Å². The number of hydrogen-bond donors (Lipinski definition) is 0. The molecular formula is C18H30O5. The van der Waals surface area contributed by atoms with E-state index in [0.29, 0.717) is 51.8 Å². The van der Waals surface area contributed by atoms with Crippen molar-refractivity contribution in [1.82, 2.24) is 0 Å². The van der Waals surface area contributed by atoms with Crippen molar-refractivity contribution in [2.75, 3.05) is 39.6 Å². The van der Waals surface area contributed by atoms with E-state index in [1.54, 1.807) is 6.08 Å². The largest absolute Gasteiger partial charge is 0.494 e. The van der Waals surface area contributed by atoms with Crippen molar-refractivity contribution in [3.05, 3.63) is 37.6 Å². The standard InChI is InChI=1S/C18H30O5/c1-6-16(3)22-12-8-10-20-14-18(4,5)15-21-11-9-13-23-17(19)7-2/h6-7H,1-3,8-15H2,4-5H3. The highest BCUT2D eigenvalue weighted by Gasteiger charge is 2.18. The van der Waals surface area contributed by atoms with Gasteiger partial charge in [-0.15, -0.1) is 0 Å². The molecule has 0 fully saturated rings. The van der Waals surface area contributed by atoms with E-state index in [4.69, 9.17) is 18.9 Å². The molecule has 0 radical (unpaired) electrons. The predicted molar refractivity (Wildman–Crippen MR) is 91.1 cm³/mol. The summed E-state index contributed by atoms with van der Waals surface area (Å²) in [5.41, 5.74) is -0.0661. The van der Waals surface area contributed by atoms with Crippen molar-refractivity contribution < 1.29 is 23.7 Å². The van der Waals surface area contributed by atoms with Gasteiger partial charge < -0.3 is 18.9 Å². The average Bonchev–Trinajstić information content (AvgIpc) is 2.53. The van der Waals surface area contributed by atoms with Gasteiger partial charge in [0.05, 0.1) is 26.4 Å². The lowest BCUT2D eigenvalue weighted by molar-refractivity contribution is -0.138. The average molecular weight is 326 g/mol. The van der Waals surface area contributed by atoms with Gasteiger partial charge in [-0.2, -0.15) is 0 Å². The molecule has 0 heterocycles. The molecule has 5 nitrogen and oxygen atoms in total. The first-order valence-corrected chi connectivity index (χ1v) is 7.80. The van der Waals surface area contributed by atoms with Gasteiger partial charge in [0, 0.05) is 37.5 Å². The lowest BCUT2D eigenvalue weighted by Gasteiger charge is -2.24. The summed E-state index contributed by atoms with van der Waals surface area (Å²) in [6.07, 6.45) is 4.21. The van der Waals surface area contributed by atoms with Gasteiger partial charge in [0.2, 0.25) is 0 Å². The monoisotopic (exact) mass is 326 g/mol. The highest BCUT2D eigenvalue weighted by Crippen LogP contribution is 2.16. The van der Waals surface area contributed by atoms with Crippen molar-refractivity contribution in [3.63, 3.8) is 0 Å². The molecule has 0 amide bonds. The smallest absolute Gasteiger partial charge is 0.330 e. The number of ether oxygens (including phenoxy) is 4. The third-order valence-electron chi connectivity index (χ3n) is 2.78. The molecule has 0 saturated heterocycles. The highest BCUT2D eigenvalue weighted by molar-refractivity contribution is 5.81. The molecule has 0 saturated carbocycles. The SMILES string of the molecule is C=CC(=C)OCCCOCC(C)(C)COCCCOC(=O)C=C. The van der Waals surface area contributed by atoms with Crippen LogP contribution in [-0.4, -0.2) is 45.6 Å². The van der Waals surface area contributed by atoms with Crippen LogP contribution in [0.1, 0.15) is 26.7 Å². The fourth-order valence-corrected chi connectivity index (χ4v) is 1.55. The molecule has 0 aliphatic carbocycles. The molecule has 0 N–H and O–H groups in total. The van der Waals surface area contributed by atoms with Gasteiger partial charge in [-0.25, -0.2) is 4.79 Å². The fraction of sp³-hybridized carbons (Fsp3) is 0.611. The number of hydrogen-bond acceptors (Lipinski definition) is 5. The molecule has 132 valence electrons. The third kappa shape index (κ3) is 13.8. The first kappa shape index (κ1) is 21.4. The van der Waals surface area contributed by atoms with Crippen LogP contribution in [0.5, 0.6) is 0 Å². The summed E-state index contributed by atoms with van der Waals surface area (Å²) in [7, 11) is 0. The molecule has 0 aliphatic heterocycles. The Morgan fingerprint density at radius 3 is 1.91 bits per heavy atom. The maximum absolute atomic E-state index is 10.8. The fourth-order valence-electron chi connectivity index (χ4n) is 1.55. The summed E-state index contributed by atoms with van der Waals surface area (Å²) in [6, 6.07) is 0. The van der Waals surface area contributed by atoms with Crippen molar-refractivity contribution >= 4 is 5.97 Å². The maximum atomic E-state index is 10.8. The number of allylic oxidation sites excluding steroid dienone is 1. The Balaban J connectivity index is 3.53. The Kier molecular flexibility index (Phi) is 12.0. The quantitative estimate of drug-likeness (QED) is 0.152. The van der Waals surface area contributed by atoms with E-state index in [0.717, 1.165) is 12.5 Å². The van der Waals surface area contributed by atoms with Crippen molar-refractivity contribution in [2.45, 2.75) is 26.7 Å². The Hall–Kier alpha value is -1.59. The summed E-state index contributed by atoms with van der Waals surface area (Å²) < 4.78 is 21.4. The van der Waals surface area contributed by atoms with Crippen LogP contribution in [-0.2, 0) is 23.7 Å². The van der Waals surface area contributed by atoms with Gasteiger partial charge in [0.1, 0.15) is 5.76 Å². The van der Waals surface area contributed by atoms with E-state index < -0.39 is 5.97 Å². The molecule has 0 rings (SSSR count). The molecule has 0 aliphatic rings. The molecule has 0 aromatic carbocycles. The number of esters is 1. The van der Waals surface area contributed by atoms with Crippen LogP contribution in [0.2, 0.25) is 0 Å². The summed E-state index contributed by atoms with van der Waals surface area (Å²) in [5.74, 6) is 0.178. The normalized spacial score (nSPS) is 10.9. The third-order valence-corrected chi connectivity index (χ3v) is 2.78. The number of carbonyl (C=O) groups excluding carboxylic acids is 1. The van der Waals surface area contributed by atoms with E-state index in [1.807, 2.05) is 0 Å². The molecule has 0 unspecified atom stereocenters. The second kappa shape index (κ2) is 12.9. The van der Waals surface area contributed by atoms with Gasteiger partial charge in [0.25, 0.3) is 0 Å². The minimum absolute atomic E-state index is 0.0661. The van der Waals surface area contributed by atoms with Gasteiger partial charge in [-0.3, -0.25) is 0 Å². The maximum Gasteiger partial charge on any atom is 0.330 e. The Morgan fingerprint density at radius 2 is 1.43 bits per heavy atom. The second-order valence-corrected chi connectivity index (χ2v) is 5.87. The van der Waals surface area contributed by atoms with Gasteiger partial charge >= 0.3 is 5.97 Å². The van der Waals surface area contributed by atoms with Crippen LogP contribution in [0.25, 0.3) is 0 Å². The van der Waals surface area contributed by atoms with E-state index in [-0.39, 0.29) is 5.41 Å². The molecule has 0 aromatic heterocycles. The van der Waals surface area contributed by atoms with Crippen LogP contribution in [0.4, 0.5) is 0 Å². The zero-order chi connectivity index (χ0) is 17.6. The number of rotatable bonds is 15. The van der Waals surface area contributed by atoms with Crippen molar-refractivity contribution in [3.8, 4) is 0 Å². The van der Waals surface area contributed by atoms with E-state index in [1.165, 1.54) is 0 Å². The summed E-state index contributed by atoms with van der Waals surface area (Å²) in [5, 5.41) is 0. The highest BCUT2D eigenvalue weighted by atomic mass is 16.5. The first-order chi connectivity index (χ1) is 10.9. The topological polar surface area (TPSA) is 54.0 Å². The van der Waals surface area contributed by atoms with Gasteiger partial charge in [-0.05, 0) is 6.08 Å². The Morgan fingerprint density at radius 1 is 0.913 bits per heavy atom. The van der Waals surface area contributed by atoms with Crippen molar-refractivity contribution in [1.29, 1.82) is 0 Å². The molecule has 0 atom stereocenters. The first-order valence-electron chi connectivity index (χ1n) is 7.80. The van der Waals surface area contributed by atoms with Gasteiger partial charge in [0.15, 0.2) is 0 Å². The lowest BCUT2D eigenvalue weighted by Crippen LogP contribution is -2.26.